The standard InChI is InChI=1S/C60H38N4/c1-3-19-41(20-4-1)63-51-29-11-7-25-45(51)47-33-35-55-57(59(47)63)49-27-9-13-31-53(49)61(55)43-23-15-17-39(37-43)40-18-16-24-44(38-40)62-54-32-14-10-28-50(54)58-56(62)36-34-48-46-26-8-12-30-52(46)64(60(48)58)42-21-5-2-6-22-42/h1-38H. The molecule has 0 spiro atoms. The minimum atomic E-state index is 1.13. The Morgan fingerprint density at radius 3 is 0.969 bits per heavy atom. The first-order valence-electron chi connectivity index (χ1n) is 22.0. The summed E-state index contributed by atoms with van der Waals surface area (Å²) in [7, 11) is 0. The second-order valence-electron chi connectivity index (χ2n) is 16.9. The van der Waals surface area contributed by atoms with E-state index >= 15 is 0 Å². The number of benzene rings is 10. The summed E-state index contributed by atoms with van der Waals surface area (Å²) < 4.78 is 9.81. The molecule has 0 radical (unpaired) electrons. The molecule has 0 saturated carbocycles. The number of hydrogen-bond donors (Lipinski definition) is 0. The van der Waals surface area contributed by atoms with Crippen molar-refractivity contribution in [3.63, 3.8) is 0 Å². The van der Waals surface area contributed by atoms with Crippen molar-refractivity contribution in [3.05, 3.63) is 231 Å². The normalized spacial score (nSPS) is 12.1. The van der Waals surface area contributed by atoms with E-state index in [1.807, 2.05) is 0 Å². The van der Waals surface area contributed by atoms with Crippen molar-refractivity contribution < 1.29 is 0 Å². The van der Waals surface area contributed by atoms with Crippen LogP contribution in [0.4, 0.5) is 0 Å². The molecule has 4 nitrogen and oxygen atoms in total. The predicted octanol–water partition coefficient (Wildman–Crippen LogP) is 15.7. The van der Waals surface area contributed by atoms with Crippen LogP contribution in [-0.4, -0.2) is 18.3 Å². The Kier molecular flexibility index (Phi) is 7.36. The van der Waals surface area contributed by atoms with Crippen LogP contribution in [0.2, 0.25) is 0 Å². The van der Waals surface area contributed by atoms with Crippen molar-refractivity contribution in [2.24, 2.45) is 0 Å². The molecule has 0 atom stereocenters. The first-order chi connectivity index (χ1) is 31.8. The van der Waals surface area contributed by atoms with Crippen LogP contribution >= 0.6 is 0 Å². The zero-order valence-corrected chi connectivity index (χ0v) is 34.7. The van der Waals surface area contributed by atoms with E-state index in [-0.39, 0.29) is 0 Å². The number of nitrogens with zero attached hydrogens (tertiary/aromatic N) is 4. The van der Waals surface area contributed by atoms with E-state index < -0.39 is 0 Å². The average molecular weight is 815 g/mol. The van der Waals surface area contributed by atoms with Gasteiger partial charge < -0.3 is 18.3 Å². The lowest BCUT2D eigenvalue weighted by Crippen LogP contribution is -1.96. The summed E-state index contributed by atoms with van der Waals surface area (Å²) in [5.74, 6) is 0. The maximum Gasteiger partial charge on any atom is 0.0641 e. The minimum Gasteiger partial charge on any atom is -0.309 e. The molecule has 0 aliphatic carbocycles. The molecule has 0 aliphatic rings. The number of para-hydroxylation sites is 6. The first kappa shape index (κ1) is 35.0. The minimum absolute atomic E-state index is 1.13. The lowest BCUT2D eigenvalue weighted by Gasteiger charge is -2.13. The Labute approximate surface area is 368 Å². The van der Waals surface area contributed by atoms with Crippen molar-refractivity contribution in [2.45, 2.75) is 0 Å². The van der Waals surface area contributed by atoms with Gasteiger partial charge in [0.25, 0.3) is 0 Å². The van der Waals surface area contributed by atoms with Gasteiger partial charge in [0.1, 0.15) is 0 Å². The van der Waals surface area contributed by atoms with E-state index in [9.17, 15) is 0 Å². The third-order valence-corrected chi connectivity index (χ3v) is 13.5. The van der Waals surface area contributed by atoms with Gasteiger partial charge in [0.05, 0.1) is 44.1 Å². The molecular formula is C60H38N4. The summed E-state index contributed by atoms with van der Waals surface area (Å²) in [5.41, 5.74) is 16.5. The van der Waals surface area contributed by atoms with Crippen LogP contribution in [0.3, 0.4) is 0 Å². The van der Waals surface area contributed by atoms with Crippen LogP contribution in [0.5, 0.6) is 0 Å². The summed E-state index contributed by atoms with van der Waals surface area (Å²) >= 11 is 0. The van der Waals surface area contributed by atoms with Gasteiger partial charge in [-0.3, -0.25) is 0 Å². The predicted molar refractivity (Wildman–Crippen MR) is 269 cm³/mol. The molecule has 0 amide bonds. The number of fused-ring (bicyclic) bond motifs is 14. The average Bonchev–Trinajstić information content (AvgIpc) is 4.09. The molecule has 0 bridgehead atoms. The second-order valence-corrected chi connectivity index (χ2v) is 16.9. The monoisotopic (exact) mass is 814 g/mol. The molecule has 0 fully saturated rings. The van der Waals surface area contributed by atoms with Crippen molar-refractivity contribution in [2.75, 3.05) is 0 Å². The van der Waals surface area contributed by atoms with Crippen LogP contribution in [0.15, 0.2) is 231 Å². The van der Waals surface area contributed by atoms with Crippen molar-refractivity contribution in [1.82, 2.24) is 18.3 Å². The van der Waals surface area contributed by atoms with E-state index in [0.717, 1.165) is 33.9 Å². The van der Waals surface area contributed by atoms with E-state index in [1.54, 1.807) is 0 Å². The molecule has 14 aromatic rings. The summed E-state index contributed by atoms with van der Waals surface area (Å²) in [6, 6.07) is 84.3. The summed E-state index contributed by atoms with van der Waals surface area (Å²) in [6.07, 6.45) is 0. The van der Waals surface area contributed by atoms with Gasteiger partial charge in [-0.05, 0) is 96.1 Å². The second kappa shape index (κ2) is 13.4. The Hall–Kier alpha value is -8.60. The molecular weight excluding hydrogens is 777 g/mol. The van der Waals surface area contributed by atoms with E-state index in [0.29, 0.717) is 0 Å². The maximum atomic E-state index is 2.45. The summed E-state index contributed by atoms with van der Waals surface area (Å²) in [5, 5.41) is 10.0. The van der Waals surface area contributed by atoms with Crippen LogP contribution in [0.1, 0.15) is 0 Å². The molecule has 4 aromatic heterocycles. The topological polar surface area (TPSA) is 19.7 Å². The fourth-order valence-electron chi connectivity index (χ4n) is 10.9. The third kappa shape index (κ3) is 4.88. The summed E-state index contributed by atoms with van der Waals surface area (Å²) in [4.78, 5) is 0. The Morgan fingerprint density at radius 1 is 0.203 bits per heavy atom. The van der Waals surface area contributed by atoms with Crippen LogP contribution in [0.25, 0.3) is 121 Å². The molecule has 64 heavy (non-hydrogen) atoms. The number of hydrogen-bond acceptors (Lipinski definition) is 0. The van der Waals surface area contributed by atoms with E-state index in [4.69, 9.17) is 0 Å². The van der Waals surface area contributed by atoms with Gasteiger partial charge in [-0.25, -0.2) is 0 Å². The zero-order valence-electron chi connectivity index (χ0n) is 34.7. The highest BCUT2D eigenvalue weighted by atomic mass is 15.0. The van der Waals surface area contributed by atoms with Gasteiger partial charge in [-0.2, -0.15) is 0 Å². The maximum absolute atomic E-state index is 2.45. The van der Waals surface area contributed by atoms with Crippen molar-refractivity contribution in [3.8, 4) is 33.9 Å². The molecule has 298 valence electrons. The Balaban J connectivity index is 0.973. The van der Waals surface area contributed by atoms with Gasteiger partial charge >= 0.3 is 0 Å². The molecule has 0 saturated heterocycles. The highest BCUT2D eigenvalue weighted by molar-refractivity contribution is 6.27. The van der Waals surface area contributed by atoms with Crippen LogP contribution in [-0.2, 0) is 0 Å². The van der Waals surface area contributed by atoms with E-state index in [2.05, 4.69) is 249 Å². The lowest BCUT2D eigenvalue weighted by molar-refractivity contribution is 1.17. The molecule has 0 unspecified atom stereocenters. The third-order valence-electron chi connectivity index (χ3n) is 13.5. The largest absolute Gasteiger partial charge is 0.309 e. The molecule has 10 aromatic carbocycles. The number of rotatable bonds is 5. The van der Waals surface area contributed by atoms with Crippen molar-refractivity contribution in [1.29, 1.82) is 0 Å². The SMILES string of the molecule is c1ccc(-n2c3ccccc3c3ccc4c(c5ccccc5n4-c4cccc(-c5cccc(-n6c7ccccc7c7c6ccc6c8ccccc8n(-c8ccccc8)c67)c5)c4)c32)cc1. The Bertz CT molecular complexity index is 3910. The van der Waals surface area contributed by atoms with Gasteiger partial charge in [-0.1, -0.05) is 146 Å². The van der Waals surface area contributed by atoms with Gasteiger partial charge in [0.15, 0.2) is 0 Å². The molecule has 0 aliphatic heterocycles. The highest BCUT2D eigenvalue weighted by Gasteiger charge is 2.23. The van der Waals surface area contributed by atoms with E-state index in [1.165, 1.54) is 87.2 Å². The van der Waals surface area contributed by atoms with Gasteiger partial charge in [-0.15, -0.1) is 0 Å². The van der Waals surface area contributed by atoms with Crippen LogP contribution in [0, 0.1) is 0 Å². The molecule has 4 heteroatoms. The molecule has 0 N–H and O–H groups in total. The quantitative estimate of drug-likeness (QED) is 0.165. The Morgan fingerprint density at radius 2 is 0.547 bits per heavy atom. The fourth-order valence-corrected chi connectivity index (χ4v) is 10.9. The first-order valence-corrected chi connectivity index (χ1v) is 22.0. The fraction of sp³-hybridized carbons (Fsp3) is 0. The van der Waals surface area contributed by atoms with Gasteiger partial charge in [0, 0.05) is 65.8 Å². The molecule has 4 heterocycles. The zero-order chi connectivity index (χ0) is 41.9. The lowest BCUT2D eigenvalue weighted by atomic mass is 10.0. The highest BCUT2D eigenvalue weighted by Crippen LogP contribution is 2.44. The van der Waals surface area contributed by atoms with Crippen molar-refractivity contribution >= 4 is 87.2 Å². The van der Waals surface area contributed by atoms with Crippen LogP contribution < -0.4 is 0 Å². The number of aromatic nitrogens is 4. The van der Waals surface area contributed by atoms with Gasteiger partial charge in [0.2, 0.25) is 0 Å². The molecule has 14 rings (SSSR count). The summed E-state index contributed by atoms with van der Waals surface area (Å²) in [6.45, 7) is 0. The smallest absolute Gasteiger partial charge is 0.0641 e.